The van der Waals surface area contributed by atoms with Gasteiger partial charge in [0, 0.05) is 6.42 Å². The molecule has 2 rings (SSSR count). The van der Waals surface area contributed by atoms with Crippen LogP contribution in [0, 0.1) is 0 Å². The molecule has 2 fully saturated rings. The molecule has 14 heteroatoms. The number of hydrogen-bond donors (Lipinski definition) is 9. The van der Waals surface area contributed by atoms with Crippen LogP contribution < -0.4 is 5.32 Å². The van der Waals surface area contributed by atoms with Crippen molar-refractivity contribution in [2.75, 3.05) is 19.8 Å². The standard InChI is InChI=1S/C61H105NO13/c1-3-5-7-9-11-13-15-17-19-21-22-23-24-25-26-27-28-29-31-33-35-37-39-41-43-45-53(66)62-49(50(65)44-42-40-38-36-34-32-30-20-18-16-14-12-10-8-6-4-2)48-72-60-58(71)56(69)59(52(47-64)74-60)75-61-57(70)55(68)54(67)51(46-63)73-61/h5,7,11,13,17,19,22-23,25-26,28-29,33,35,49-52,54-61,63-65,67-71H,3-4,6,8-10,12,14-16,18,20-21,24,27,30-32,34,36-48H2,1-2H3,(H,62,66)/b7-5-,13-11-,19-17-,23-22-,26-25-,29-28-,35-33-. The molecule has 0 aromatic carbocycles. The molecule has 2 aliphatic heterocycles. The maximum Gasteiger partial charge on any atom is 0.220 e. The zero-order valence-electron chi connectivity index (χ0n) is 46.3. The normalized spacial score (nSPS) is 25.7. The van der Waals surface area contributed by atoms with Crippen LogP contribution in [-0.2, 0) is 23.7 Å². The number of carbonyl (C=O) groups is 1. The van der Waals surface area contributed by atoms with Gasteiger partial charge in [0.05, 0.1) is 32.0 Å². The molecule has 9 N–H and O–H groups in total. The minimum atomic E-state index is -1.79. The highest BCUT2D eigenvalue weighted by Gasteiger charge is 2.51. The van der Waals surface area contributed by atoms with E-state index in [0.29, 0.717) is 12.8 Å². The van der Waals surface area contributed by atoms with Crippen molar-refractivity contribution in [3.8, 4) is 0 Å². The fourth-order valence-corrected chi connectivity index (χ4v) is 9.16. The second-order valence-corrected chi connectivity index (χ2v) is 20.4. The summed E-state index contributed by atoms with van der Waals surface area (Å²) in [5.74, 6) is -0.241. The zero-order chi connectivity index (χ0) is 54.6. The van der Waals surface area contributed by atoms with E-state index in [1.807, 2.05) is 0 Å². The van der Waals surface area contributed by atoms with Crippen LogP contribution >= 0.6 is 0 Å². The van der Waals surface area contributed by atoms with Crippen LogP contribution in [0.3, 0.4) is 0 Å². The number of allylic oxidation sites excluding steroid dienone is 14. The van der Waals surface area contributed by atoms with Crippen molar-refractivity contribution in [3.63, 3.8) is 0 Å². The summed E-state index contributed by atoms with van der Waals surface area (Å²) in [5.41, 5.74) is 0. The highest BCUT2D eigenvalue weighted by atomic mass is 16.7. The first-order valence-corrected chi connectivity index (χ1v) is 29.3. The monoisotopic (exact) mass is 1060 g/mol. The third-order valence-corrected chi connectivity index (χ3v) is 13.9. The van der Waals surface area contributed by atoms with E-state index in [2.05, 4.69) is 104 Å². The van der Waals surface area contributed by atoms with Gasteiger partial charge in [-0.1, -0.05) is 208 Å². The molecule has 0 saturated carbocycles. The fourth-order valence-electron chi connectivity index (χ4n) is 9.16. The van der Waals surface area contributed by atoms with Gasteiger partial charge in [-0.25, -0.2) is 0 Å². The van der Waals surface area contributed by atoms with Crippen molar-refractivity contribution < 1.29 is 64.6 Å². The fraction of sp³-hybridized carbons (Fsp3) is 0.754. The minimum absolute atomic E-state index is 0.241. The quantitative estimate of drug-likeness (QED) is 0.0205. The topological polar surface area (TPSA) is 228 Å². The van der Waals surface area contributed by atoms with Crippen LogP contribution in [0.4, 0.5) is 0 Å². The van der Waals surface area contributed by atoms with Crippen molar-refractivity contribution in [3.05, 3.63) is 85.1 Å². The summed E-state index contributed by atoms with van der Waals surface area (Å²) in [6.45, 7) is 2.71. The number of rotatable bonds is 45. The van der Waals surface area contributed by atoms with Crippen molar-refractivity contribution in [2.24, 2.45) is 0 Å². The van der Waals surface area contributed by atoms with E-state index in [0.717, 1.165) is 89.9 Å². The lowest BCUT2D eigenvalue weighted by atomic mass is 9.97. The van der Waals surface area contributed by atoms with Gasteiger partial charge in [0.15, 0.2) is 12.6 Å². The largest absolute Gasteiger partial charge is 0.394 e. The van der Waals surface area contributed by atoms with E-state index in [-0.39, 0.29) is 18.9 Å². The predicted molar refractivity (Wildman–Crippen MR) is 300 cm³/mol. The van der Waals surface area contributed by atoms with Gasteiger partial charge in [0.25, 0.3) is 0 Å². The Morgan fingerprint density at radius 2 is 0.920 bits per heavy atom. The van der Waals surface area contributed by atoms with Crippen molar-refractivity contribution in [2.45, 2.75) is 274 Å². The third-order valence-electron chi connectivity index (χ3n) is 13.9. The van der Waals surface area contributed by atoms with E-state index in [4.69, 9.17) is 18.9 Å². The summed E-state index contributed by atoms with van der Waals surface area (Å²) >= 11 is 0. The van der Waals surface area contributed by atoms with Gasteiger partial charge in [0.1, 0.15) is 48.8 Å². The smallest absolute Gasteiger partial charge is 0.220 e. The molecule has 0 aromatic heterocycles. The number of nitrogens with one attached hydrogen (secondary N) is 1. The zero-order valence-corrected chi connectivity index (χ0v) is 46.3. The molecule has 2 saturated heterocycles. The molecule has 14 nitrogen and oxygen atoms in total. The van der Waals surface area contributed by atoms with Gasteiger partial charge < -0.3 is 65.1 Å². The second kappa shape index (κ2) is 46.1. The van der Waals surface area contributed by atoms with Gasteiger partial charge in [-0.15, -0.1) is 0 Å². The van der Waals surface area contributed by atoms with Crippen molar-refractivity contribution in [1.82, 2.24) is 5.32 Å². The summed E-state index contributed by atoms with van der Waals surface area (Å²) in [7, 11) is 0. The van der Waals surface area contributed by atoms with Crippen LogP contribution in [0.1, 0.15) is 200 Å². The van der Waals surface area contributed by atoms with Gasteiger partial charge in [-0.3, -0.25) is 4.79 Å². The molecule has 12 unspecified atom stereocenters. The lowest BCUT2D eigenvalue weighted by molar-refractivity contribution is -0.359. The Kier molecular flexibility index (Phi) is 42.0. The molecule has 0 bridgehead atoms. The SMILES string of the molecule is CC/C=C\C/C=C\C/C=C\C/C=C\C/C=C\C/C=C\C/C=C\CCCCCC(=O)NC(COC1OC(CO)C(OC2OC(CO)C(O)C(O)C2O)C(O)C1O)C(O)CCCCCCCCCCCCCCCCCC. The van der Waals surface area contributed by atoms with Gasteiger partial charge in [-0.2, -0.15) is 0 Å². The Hall–Kier alpha value is -2.83. The van der Waals surface area contributed by atoms with E-state index in [9.17, 15) is 45.6 Å². The van der Waals surface area contributed by atoms with Gasteiger partial charge in [0.2, 0.25) is 5.91 Å². The number of carbonyl (C=O) groups excluding carboxylic acids is 1. The molecule has 0 aromatic rings. The Morgan fingerprint density at radius 3 is 1.40 bits per heavy atom. The number of amides is 1. The van der Waals surface area contributed by atoms with Crippen LogP contribution in [0.25, 0.3) is 0 Å². The van der Waals surface area contributed by atoms with Crippen molar-refractivity contribution in [1.29, 1.82) is 0 Å². The van der Waals surface area contributed by atoms with E-state index >= 15 is 0 Å². The molecular weight excluding hydrogens is 955 g/mol. The Bertz CT molecular complexity index is 1580. The molecule has 12 atom stereocenters. The van der Waals surface area contributed by atoms with Crippen molar-refractivity contribution >= 4 is 5.91 Å². The number of aliphatic hydroxyl groups excluding tert-OH is 8. The maximum atomic E-state index is 13.3. The lowest BCUT2D eigenvalue weighted by Crippen LogP contribution is -2.65. The molecule has 1 amide bonds. The van der Waals surface area contributed by atoms with Crippen LogP contribution in [-0.4, -0.2) is 140 Å². The predicted octanol–water partition coefficient (Wildman–Crippen LogP) is 9.72. The third kappa shape index (κ3) is 32.0. The number of aliphatic hydroxyl groups is 8. The molecule has 2 aliphatic rings. The summed E-state index contributed by atoms with van der Waals surface area (Å²) in [6, 6.07) is -0.852. The molecule has 0 spiro atoms. The number of hydrogen-bond acceptors (Lipinski definition) is 13. The molecule has 0 radical (unpaired) electrons. The Labute approximate surface area is 452 Å². The average Bonchev–Trinajstić information content (AvgIpc) is 3.41. The Balaban J connectivity index is 1.78. The van der Waals surface area contributed by atoms with E-state index in [1.165, 1.54) is 77.0 Å². The van der Waals surface area contributed by atoms with Crippen LogP contribution in [0.2, 0.25) is 0 Å². The first-order chi connectivity index (χ1) is 36.6. The highest BCUT2D eigenvalue weighted by molar-refractivity contribution is 5.76. The minimum Gasteiger partial charge on any atom is -0.394 e. The molecule has 0 aliphatic carbocycles. The summed E-state index contributed by atoms with van der Waals surface area (Å²) in [5, 5.41) is 87.2. The summed E-state index contributed by atoms with van der Waals surface area (Å²) in [6.07, 6.45) is 44.3. The molecular formula is C61H105NO13. The molecule has 2 heterocycles. The van der Waals surface area contributed by atoms with Gasteiger partial charge >= 0.3 is 0 Å². The number of unbranched alkanes of at least 4 members (excludes halogenated alkanes) is 18. The van der Waals surface area contributed by atoms with Crippen LogP contribution in [0.15, 0.2) is 85.1 Å². The summed E-state index contributed by atoms with van der Waals surface area (Å²) in [4.78, 5) is 13.3. The Morgan fingerprint density at radius 1 is 0.493 bits per heavy atom. The molecule has 432 valence electrons. The maximum absolute atomic E-state index is 13.3. The van der Waals surface area contributed by atoms with Crippen LogP contribution in [0.5, 0.6) is 0 Å². The number of ether oxygens (including phenoxy) is 4. The first kappa shape index (κ1) is 68.3. The summed E-state index contributed by atoms with van der Waals surface area (Å²) < 4.78 is 22.8. The highest BCUT2D eigenvalue weighted by Crippen LogP contribution is 2.30. The van der Waals surface area contributed by atoms with Gasteiger partial charge in [-0.05, 0) is 70.6 Å². The molecule has 75 heavy (non-hydrogen) atoms. The first-order valence-electron chi connectivity index (χ1n) is 29.3. The van der Waals surface area contributed by atoms with E-state index < -0.39 is 86.8 Å². The lowest BCUT2D eigenvalue weighted by Gasteiger charge is -2.46. The second-order valence-electron chi connectivity index (χ2n) is 20.4. The average molecular weight is 1060 g/mol. The van der Waals surface area contributed by atoms with E-state index in [1.54, 1.807) is 0 Å².